The molecule has 0 radical (unpaired) electrons. The molecule has 1 aromatic carbocycles. The van der Waals surface area contributed by atoms with Gasteiger partial charge in [0.05, 0.1) is 10.5 Å². The van der Waals surface area contributed by atoms with Crippen LogP contribution in [0.1, 0.15) is 20.7 Å². The summed E-state index contributed by atoms with van der Waals surface area (Å²) in [4.78, 5) is 30.8. The molecule has 0 fully saturated rings. The predicted molar refractivity (Wildman–Crippen MR) is 54.2 cm³/mol. The molecular formula is C8H6NNaO6. The monoisotopic (exact) mass is 235 g/mol. The second-order valence-electron chi connectivity index (χ2n) is 2.57. The average Bonchev–Trinajstić information content (AvgIpc) is 2.16. The van der Waals surface area contributed by atoms with E-state index in [9.17, 15) is 19.7 Å². The number of carbonyl (C=O) groups is 2. The normalized spacial score (nSPS) is 9.00. The number of nitrogens with zero attached hydrogens (tertiary/aromatic N) is 1. The molecule has 0 atom stereocenters. The van der Waals surface area contributed by atoms with Crippen molar-refractivity contribution >= 4 is 47.2 Å². The summed E-state index contributed by atoms with van der Waals surface area (Å²) in [5.41, 5.74) is -2.14. The number of benzene rings is 1. The van der Waals surface area contributed by atoms with E-state index in [0.717, 1.165) is 18.2 Å². The van der Waals surface area contributed by atoms with E-state index >= 15 is 0 Å². The molecule has 8 heteroatoms. The fourth-order valence-corrected chi connectivity index (χ4v) is 1.10. The van der Waals surface area contributed by atoms with Gasteiger partial charge in [-0.2, -0.15) is 0 Å². The quantitative estimate of drug-likeness (QED) is 0.443. The topological polar surface area (TPSA) is 118 Å². The zero-order valence-corrected chi connectivity index (χ0v) is 7.21. The van der Waals surface area contributed by atoms with Gasteiger partial charge in [-0.3, -0.25) is 10.1 Å². The minimum absolute atomic E-state index is 0. The predicted octanol–water partition coefficient (Wildman–Crippen LogP) is 0.343. The van der Waals surface area contributed by atoms with Crippen LogP contribution in [0, 0.1) is 10.1 Å². The molecule has 1 rings (SSSR count). The van der Waals surface area contributed by atoms with E-state index in [1.807, 2.05) is 0 Å². The number of rotatable bonds is 3. The second-order valence-corrected chi connectivity index (χ2v) is 2.57. The summed E-state index contributed by atoms with van der Waals surface area (Å²) in [6.07, 6.45) is 0. The summed E-state index contributed by atoms with van der Waals surface area (Å²) in [6, 6.07) is 3.06. The van der Waals surface area contributed by atoms with Crippen molar-refractivity contribution in [3.63, 3.8) is 0 Å². The molecule has 16 heavy (non-hydrogen) atoms. The van der Waals surface area contributed by atoms with E-state index in [1.165, 1.54) is 0 Å². The van der Waals surface area contributed by atoms with Crippen LogP contribution >= 0.6 is 0 Å². The van der Waals surface area contributed by atoms with Gasteiger partial charge in [0, 0.05) is 6.07 Å². The third-order valence-corrected chi connectivity index (χ3v) is 1.68. The van der Waals surface area contributed by atoms with E-state index in [-0.39, 0.29) is 29.6 Å². The first-order valence-corrected chi connectivity index (χ1v) is 3.69. The molecule has 0 aliphatic rings. The van der Waals surface area contributed by atoms with Gasteiger partial charge in [0.1, 0.15) is 0 Å². The number of hydrogen-bond acceptors (Lipinski definition) is 4. The van der Waals surface area contributed by atoms with Gasteiger partial charge in [-0.25, -0.2) is 9.59 Å². The van der Waals surface area contributed by atoms with E-state index < -0.39 is 33.7 Å². The van der Waals surface area contributed by atoms with Gasteiger partial charge in [0.2, 0.25) is 0 Å². The Bertz CT molecular complexity index is 426. The molecule has 0 aliphatic carbocycles. The molecule has 0 spiro atoms. The molecule has 0 bridgehead atoms. The van der Waals surface area contributed by atoms with E-state index in [1.54, 1.807) is 0 Å². The van der Waals surface area contributed by atoms with Crippen LogP contribution < -0.4 is 0 Å². The number of nitro benzene ring substituents is 1. The molecule has 7 nitrogen and oxygen atoms in total. The van der Waals surface area contributed by atoms with Gasteiger partial charge in [-0.05, 0) is 6.07 Å². The second kappa shape index (κ2) is 5.59. The zero-order valence-electron chi connectivity index (χ0n) is 7.21. The molecule has 80 valence electrons. The Morgan fingerprint density at radius 3 is 2.12 bits per heavy atom. The van der Waals surface area contributed by atoms with Crippen molar-refractivity contribution in [1.82, 2.24) is 0 Å². The van der Waals surface area contributed by atoms with Crippen molar-refractivity contribution in [1.29, 1.82) is 0 Å². The molecular weight excluding hydrogens is 229 g/mol. The van der Waals surface area contributed by atoms with Crippen LogP contribution in [0.2, 0.25) is 0 Å². The Hall–Kier alpha value is -1.44. The van der Waals surface area contributed by atoms with Crippen LogP contribution in [0.5, 0.6) is 0 Å². The standard InChI is InChI=1S/C8H5NO6.Na.H/c10-7(11)4-2-1-3-5(9(14)15)6(4)8(12)13;;/h1-3H,(H,10,11)(H,12,13);;. The molecule has 0 saturated heterocycles. The van der Waals surface area contributed by atoms with E-state index in [4.69, 9.17) is 10.2 Å². The SMILES string of the molecule is O=C(O)c1cccc([N+](=O)[O-])c1C(=O)O.[NaH]. The molecule has 0 aliphatic heterocycles. The zero-order chi connectivity index (χ0) is 11.6. The summed E-state index contributed by atoms with van der Waals surface area (Å²) in [7, 11) is 0. The fraction of sp³-hybridized carbons (Fsp3) is 0. The molecule has 0 aromatic heterocycles. The van der Waals surface area contributed by atoms with Crippen molar-refractivity contribution in [3.05, 3.63) is 39.4 Å². The van der Waals surface area contributed by atoms with Crippen LogP contribution in [0.15, 0.2) is 18.2 Å². The van der Waals surface area contributed by atoms with Gasteiger partial charge in [-0.15, -0.1) is 0 Å². The first-order valence-electron chi connectivity index (χ1n) is 3.69. The molecule has 0 heterocycles. The van der Waals surface area contributed by atoms with Crippen LogP contribution in [-0.2, 0) is 0 Å². The van der Waals surface area contributed by atoms with Crippen LogP contribution in [0.25, 0.3) is 0 Å². The Balaban J connectivity index is 0.00000225. The fourth-order valence-electron chi connectivity index (χ4n) is 1.10. The minimum atomic E-state index is -1.64. The number of carboxylic acids is 2. The third kappa shape index (κ3) is 2.78. The van der Waals surface area contributed by atoms with Crippen LogP contribution in [0.4, 0.5) is 5.69 Å². The van der Waals surface area contributed by atoms with Gasteiger partial charge in [0.25, 0.3) is 5.69 Å². The van der Waals surface area contributed by atoms with Gasteiger partial charge in [-0.1, -0.05) is 6.07 Å². The van der Waals surface area contributed by atoms with Gasteiger partial charge < -0.3 is 10.2 Å². The van der Waals surface area contributed by atoms with E-state index in [0.29, 0.717) is 0 Å². The summed E-state index contributed by atoms with van der Waals surface area (Å²) in [5.74, 6) is -3.16. The molecule has 2 N–H and O–H groups in total. The number of aromatic carboxylic acids is 2. The van der Waals surface area contributed by atoms with Crippen molar-refractivity contribution in [2.45, 2.75) is 0 Å². The Labute approximate surface area is 111 Å². The summed E-state index contributed by atoms with van der Waals surface area (Å²) < 4.78 is 0. The van der Waals surface area contributed by atoms with Crippen molar-refractivity contribution in [2.24, 2.45) is 0 Å². The average molecular weight is 235 g/mol. The van der Waals surface area contributed by atoms with Gasteiger partial charge in [0.15, 0.2) is 5.56 Å². The summed E-state index contributed by atoms with van der Waals surface area (Å²) in [5, 5.41) is 27.8. The first kappa shape index (κ1) is 14.6. The molecule has 0 unspecified atom stereocenters. The molecule has 1 aromatic rings. The van der Waals surface area contributed by atoms with Crippen molar-refractivity contribution in [2.75, 3.05) is 0 Å². The maximum absolute atomic E-state index is 10.7. The molecule has 0 saturated carbocycles. The Kier molecular flexibility index (Phi) is 5.09. The summed E-state index contributed by atoms with van der Waals surface area (Å²) >= 11 is 0. The number of carboxylic acid groups (broad SMARTS) is 2. The molecule has 0 amide bonds. The van der Waals surface area contributed by atoms with Crippen molar-refractivity contribution < 1.29 is 24.7 Å². The Morgan fingerprint density at radius 2 is 1.75 bits per heavy atom. The van der Waals surface area contributed by atoms with E-state index in [2.05, 4.69) is 0 Å². The number of nitro groups is 1. The van der Waals surface area contributed by atoms with Crippen LogP contribution in [0.3, 0.4) is 0 Å². The Morgan fingerprint density at radius 1 is 1.19 bits per heavy atom. The maximum atomic E-state index is 10.7. The van der Waals surface area contributed by atoms with Gasteiger partial charge >= 0.3 is 41.5 Å². The first-order chi connectivity index (χ1) is 6.95. The van der Waals surface area contributed by atoms with Crippen LogP contribution in [-0.4, -0.2) is 56.6 Å². The third-order valence-electron chi connectivity index (χ3n) is 1.68. The number of hydrogen-bond donors (Lipinski definition) is 2. The summed E-state index contributed by atoms with van der Waals surface area (Å²) in [6.45, 7) is 0. The van der Waals surface area contributed by atoms with Crippen molar-refractivity contribution in [3.8, 4) is 0 Å².